The minimum Gasteiger partial charge on any atom is -0.497 e. The summed E-state index contributed by atoms with van der Waals surface area (Å²) in [6, 6.07) is 5.44. The van der Waals surface area contributed by atoms with E-state index < -0.39 is 17.3 Å². The third-order valence-electron chi connectivity index (χ3n) is 4.15. The van der Waals surface area contributed by atoms with Crippen LogP contribution in [0.5, 0.6) is 5.75 Å². The summed E-state index contributed by atoms with van der Waals surface area (Å²) in [6.07, 6.45) is -3.71. The first kappa shape index (κ1) is 17.8. The van der Waals surface area contributed by atoms with Crippen LogP contribution in [0.1, 0.15) is 25.0 Å². The van der Waals surface area contributed by atoms with E-state index in [2.05, 4.69) is 9.97 Å². The molecule has 0 spiro atoms. The average Bonchev–Trinajstić information content (AvgIpc) is 2.50. The number of benzene rings is 1. The third kappa shape index (κ3) is 3.53. The number of H-pyrrole nitrogens is 1. The van der Waals surface area contributed by atoms with E-state index in [-0.39, 0.29) is 10.7 Å². The molecule has 25 heavy (non-hydrogen) atoms. The van der Waals surface area contributed by atoms with Crippen molar-refractivity contribution in [2.24, 2.45) is 0 Å². The molecular formula is C17H17F3N2O2S. The quantitative estimate of drug-likeness (QED) is 0.657. The zero-order valence-corrected chi connectivity index (χ0v) is 14.8. The molecule has 1 aromatic heterocycles. The second-order valence-corrected chi connectivity index (χ2v) is 7.55. The highest BCUT2D eigenvalue weighted by Gasteiger charge is 2.36. The molecule has 0 bridgehead atoms. The summed E-state index contributed by atoms with van der Waals surface area (Å²) >= 11 is 0.480. The zero-order chi connectivity index (χ0) is 18.4. The lowest BCUT2D eigenvalue weighted by Gasteiger charge is -2.32. The van der Waals surface area contributed by atoms with E-state index in [0.29, 0.717) is 35.2 Å². The SMILES string of the molecule is COc1ccc2c(c1)CC(C)(C)c1c-2nc(SCC(F)(F)F)[nH]c1=O. The van der Waals surface area contributed by atoms with Gasteiger partial charge in [-0.2, -0.15) is 13.2 Å². The van der Waals surface area contributed by atoms with Gasteiger partial charge in [0.1, 0.15) is 5.75 Å². The summed E-state index contributed by atoms with van der Waals surface area (Å²) in [5.41, 5.74) is 1.80. The van der Waals surface area contributed by atoms with Gasteiger partial charge in [0.25, 0.3) is 5.56 Å². The number of hydrogen-bond donors (Lipinski definition) is 1. The molecule has 0 aliphatic heterocycles. The van der Waals surface area contributed by atoms with Crippen molar-refractivity contribution in [3.05, 3.63) is 39.7 Å². The number of ether oxygens (including phenoxy) is 1. The van der Waals surface area contributed by atoms with E-state index >= 15 is 0 Å². The van der Waals surface area contributed by atoms with Crippen molar-refractivity contribution in [2.75, 3.05) is 12.9 Å². The molecule has 0 amide bonds. The van der Waals surface area contributed by atoms with Crippen molar-refractivity contribution in [1.29, 1.82) is 0 Å². The van der Waals surface area contributed by atoms with Crippen LogP contribution < -0.4 is 10.3 Å². The molecule has 0 fully saturated rings. The fourth-order valence-electron chi connectivity index (χ4n) is 3.13. The molecule has 134 valence electrons. The Labute approximate surface area is 146 Å². The molecule has 1 aliphatic rings. The number of methoxy groups -OCH3 is 1. The van der Waals surface area contributed by atoms with Crippen LogP contribution in [-0.4, -0.2) is 29.0 Å². The fourth-order valence-corrected chi connectivity index (χ4v) is 3.75. The smallest absolute Gasteiger partial charge is 0.398 e. The molecule has 0 unspecified atom stereocenters. The molecule has 0 atom stereocenters. The maximum absolute atomic E-state index is 12.5. The van der Waals surface area contributed by atoms with Gasteiger partial charge in [0.15, 0.2) is 5.16 Å². The highest BCUT2D eigenvalue weighted by molar-refractivity contribution is 7.99. The number of thioether (sulfide) groups is 1. The summed E-state index contributed by atoms with van der Waals surface area (Å²) in [5.74, 6) is -0.414. The molecule has 1 N–H and O–H groups in total. The molecule has 1 aliphatic carbocycles. The fraction of sp³-hybridized carbons (Fsp3) is 0.412. The molecule has 0 radical (unpaired) electrons. The third-order valence-corrected chi connectivity index (χ3v) is 5.09. The standard InChI is InChI=1S/C17H17F3N2O2S/c1-16(2)7-9-6-10(24-3)4-5-11(9)13-12(16)14(23)22-15(21-13)25-8-17(18,19)20/h4-6H,7-8H2,1-3H3,(H,21,22,23). The maximum atomic E-state index is 12.5. The maximum Gasteiger partial charge on any atom is 0.398 e. The Bertz CT molecular complexity index is 875. The van der Waals surface area contributed by atoms with Crippen molar-refractivity contribution in [3.8, 4) is 17.0 Å². The van der Waals surface area contributed by atoms with Gasteiger partial charge in [-0.3, -0.25) is 4.79 Å². The van der Waals surface area contributed by atoms with Crippen LogP contribution in [0.15, 0.2) is 28.2 Å². The largest absolute Gasteiger partial charge is 0.497 e. The molecule has 4 nitrogen and oxygen atoms in total. The van der Waals surface area contributed by atoms with E-state index in [0.717, 1.165) is 11.1 Å². The van der Waals surface area contributed by atoms with Crippen molar-refractivity contribution >= 4 is 11.8 Å². The van der Waals surface area contributed by atoms with E-state index in [9.17, 15) is 18.0 Å². The predicted molar refractivity (Wildman–Crippen MR) is 90.4 cm³/mol. The molecule has 0 saturated carbocycles. The van der Waals surface area contributed by atoms with E-state index in [1.54, 1.807) is 19.2 Å². The molecule has 1 aromatic carbocycles. The van der Waals surface area contributed by atoms with E-state index in [4.69, 9.17) is 4.74 Å². The van der Waals surface area contributed by atoms with Gasteiger partial charge in [-0.15, -0.1) is 0 Å². The van der Waals surface area contributed by atoms with Crippen LogP contribution in [0.2, 0.25) is 0 Å². The van der Waals surface area contributed by atoms with Crippen LogP contribution in [0.3, 0.4) is 0 Å². The molecule has 1 heterocycles. The first-order valence-corrected chi connectivity index (χ1v) is 8.61. The summed E-state index contributed by atoms with van der Waals surface area (Å²) in [6.45, 7) is 3.85. The molecule has 3 rings (SSSR count). The molecule has 8 heteroatoms. The van der Waals surface area contributed by atoms with Crippen molar-refractivity contribution in [2.45, 2.75) is 37.0 Å². The number of nitrogens with zero attached hydrogens (tertiary/aromatic N) is 1. The van der Waals surface area contributed by atoms with Gasteiger partial charge in [-0.1, -0.05) is 25.6 Å². The van der Waals surface area contributed by atoms with Crippen LogP contribution in [0.25, 0.3) is 11.3 Å². The summed E-state index contributed by atoms with van der Waals surface area (Å²) in [5, 5.41) is -0.0273. The van der Waals surface area contributed by atoms with E-state index in [1.807, 2.05) is 19.9 Å². The Morgan fingerprint density at radius 3 is 2.72 bits per heavy atom. The molecular weight excluding hydrogens is 353 g/mol. The van der Waals surface area contributed by atoms with Gasteiger partial charge in [-0.05, 0) is 30.2 Å². The Kier molecular flexibility index (Phi) is 4.35. The van der Waals surface area contributed by atoms with Gasteiger partial charge in [0, 0.05) is 16.5 Å². The minimum absolute atomic E-state index is 0.0273. The Morgan fingerprint density at radius 2 is 2.08 bits per heavy atom. The first-order chi connectivity index (χ1) is 11.6. The Morgan fingerprint density at radius 1 is 1.36 bits per heavy atom. The molecule has 0 saturated heterocycles. The number of hydrogen-bond acceptors (Lipinski definition) is 4. The summed E-state index contributed by atoms with van der Waals surface area (Å²) < 4.78 is 42.7. The van der Waals surface area contributed by atoms with Crippen LogP contribution in [0, 0.1) is 0 Å². The monoisotopic (exact) mass is 370 g/mol. The lowest BCUT2D eigenvalue weighted by atomic mass is 9.72. The molecule has 2 aromatic rings. The van der Waals surface area contributed by atoms with Crippen molar-refractivity contribution in [1.82, 2.24) is 9.97 Å². The van der Waals surface area contributed by atoms with Gasteiger partial charge in [0.2, 0.25) is 0 Å². The number of alkyl halides is 3. The van der Waals surface area contributed by atoms with Gasteiger partial charge in [-0.25, -0.2) is 4.98 Å². The number of fused-ring (bicyclic) bond motifs is 3. The van der Waals surface area contributed by atoms with Crippen molar-refractivity contribution in [3.63, 3.8) is 0 Å². The second kappa shape index (κ2) is 6.09. The summed E-state index contributed by atoms with van der Waals surface area (Å²) in [7, 11) is 1.57. The lowest BCUT2D eigenvalue weighted by molar-refractivity contribution is -0.105. The number of aromatic amines is 1. The van der Waals surface area contributed by atoms with Crippen LogP contribution >= 0.6 is 11.8 Å². The number of halogens is 3. The van der Waals surface area contributed by atoms with E-state index in [1.165, 1.54) is 0 Å². The van der Waals surface area contributed by atoms with Crippen molar-refractivity contribution < 1.29 is 17.9 Å². The predicted octanol–water partition coefficient (Wildman–Crippen LogP) is 3.93. The summed E-state index contributed by atoms with van der Waals surface area (Å²) in [4.78, 5) is 19.4. The normalized spacial score (nSPS) is 15.4. The van der Waals surface area contributed by atoms with Crippen LogP contribution in [-0.2, 0) is 11.8 Å². The first-order valence-electron chi connectivity index (χ1n) is 7.62. The highest BCUT2D eigenvalue weighted by atomic mass is 32.2. The van der Waals surface area contributed by atoms with Crippen LogP contribution in [0.4, 0.5) is 13.2 Å². The zero-order valence-electron chi connectivity index (χ0n) is 14.0. The second-order valence-electron chi connectivity index (χ2n) is 6.58. The Hall–Kier alpha value is -1.96. The topological polar surface area (TPSA) is 55.0 Å². The lowest BCUT2D eigenvalue weighted by Crippen LogP contribution is -2.34. The number of nitrogens with one attached hydrogen (secondary N) is 1. The average molecular weight is 370 g/mol. The highest BCUT2D eigenvalue weighted by Crippen LogP contribution is 2.42. The number of rotatable bonds is 3. The number of aromatic nitrogens is 2. The van der Waals surface area contributed by atoms with Gasteiger partial charge >= 0.3 is 6.18 Å². The van der Waals surface area contributed by atoms with Gasteiger partial charge < -0.3 is 9.72 Å². The minimum atomic E-state index is -4.33. The Balaban J connectivity index is 2.13. The van der Waals surface area contributed by atoms with Gasteiger partial charge in [0.05, 0.1) is 18.6 Å².